The Morgan fingerprint density at radius 1 is 1.10 bits per heavy atom. The second kappa shape index (κ2) is 6.10. The minimum atomic E-state index is -3.78. The second-order valence-corrected chi connectivity index (χ2v) is 7.83. The molecule has 2 rings (SSSR count). The van der Waals surface area contributed by atoms with E-state index in [4.69, 9.17) is 13.1 Å². The van der Waals surface area contributed by atoms with E-state index in [1.54, 1.807) is 4.90 Å². The van der Waals surface area contributed by atoms with E-state index in [1.807, 2.05) is 20.8 Å². The zero-order valence-electron chi connectivity index (χ0n) is 12.7. The molecule has 122 valence electrons. The smallest absolute Gasteiger partial charge is 0.410 e. The number of hydrogen-bond acceptors (Lipinski definition) is 6. The van der Waals surface area contributed by atoms with Crippen LogP contribution in [-0.4, -0.2) is 51.3 Å². The van der Waals surface area contributed by atoms with Gasteiger partial charge in [-0.15, -0.1) is 0 Å². The van der Waals surface area contributed by atoms with Crippen molar-refractivity contribution in [3.05, 3.63) is 0 Å². The first kappa shape index (κ1) is 16.5. The van der Waals surface area contributed by atoms with E-state index >= 15 is 0 Å². The van der Waals surface area contributed by atoms with Gasteiger partial charge >= 0.3 is 16.5 Å². The zero-order chi connectivity index (χ0) is 15.7. The van der Waals surface area contributed by atoms with Gasteiger partial charge in [-0.25, -0.2) is 13.2 Å². The first-order chi connectivity index (χ1) is 9.66. The molecular formula is C13H23NO6S. The van der Waals surface area contributed by atoms with Crippen molar-refractivity contribution in [1.82, 2.24) is 4.90 Å². The number of carbonyl (C=O) groups is 1. The van der Waals surface area contributed by atoms with Gasteiger partial charge in [0.15, 0.2) is 0 Å². The Balaban J connectivity index is 1.80. The molecule has 2 saturated heterocycles. The Morgan fingerprint density at radius 3 is 2.10 bits per heavy atom. The highest BCUT2D eigenvalue weighted by Gasteiger charge is 2.34. The quantitative estimate of drug-likeness (QED) is 0.728. The summed E-state index contributed by atoms with van der Waals surface area (Å²) in [6.45, 7) is 7.09. The van der Waals surface area contributed by atoms with Crippen molar-refractivity contribution in [2.24, 2.45) is 11.8 Å². The summed E-state index contributed by atoms with van der Waals surface area (Å²) >= 11 is 0. The maximum absolute atomic E-state index is 12.0. The summed E-state index contributed by atoms with van der Waals surface area (Å²) in [5.41, 5.74) is -0.493. The van der Waals surface area contributed by atoms with Crippen LogP contribution in [0, 0.1) is 11.8 Å². The molecule has 21 heavy (non-hydrogen) atoms. The molecule has 1 amide bonds. The van der Waals surface area contributed by atoms with Crippen molar-refractivity contribution in [1.29, 1.82) is 0 Å². The van der Waals surface area contributed by atoms with Crippen molar-refractivity contribution in [3.8, 4) is 0 Å². The van der Waals surface area contributed by atoms with Crippen molar-refractivity contribution >= 4 is 16.5 Å². The lowest BCUT2D eigenvalue weighted by atomic mass is 9.85. The molecule has 0 radical (unpaired) electrons. The second-order valence-electron chi connectivity index (χ2n) is 6.54. The Hall–Kier alpha value is -0.860. The fourth-order valence-electron chi connectivity index (χ4n) is 2.58. The Bertz CT molecular complexity index is 461. The van der Waals surface area contributed by atoms with Crippen molar-refractivity contribution in [2.45, 2.75) is 39.2 Å². The van der Waals surface area contributed by atoms with Crippen LogP contribution in [0.5, 0.6) is 0 Å². The van der Waals surface area contributed by atoms with Crippen LogP contribution in [0.15, 0.2) is 0 Å². The Kier molecular flexibility index (Phi) is 4.79. The third kappa shape index (κ3) is 4.82. The topological polar surface area (TPSA) is 82.1 Å². The van der Waals surface area contributed by atoms with Gasteiger partial charge < -0.3 is 9.64 Å². The van der Waals surface area contributed by atoms with E-state index in [9.17, 15) is 13.2 Å². The van der Waals surface area contributed by atoms with Crippen LogP contribution in [0.4, 0.5) is 4.79 Å². The van der Waals surface area contributed by atoms with Crippen LogP contribution in [0.25, 0.3) is 0 Å². The predicted molar refractivity (Wildman–Crippen MR) is 74.8 cm³/mol. The zero-order valence-corrected chi connectivity index (χ0v) is 13.5. The lowest BCUT2D eigenvalue weighted by Crippen LogP contribution is -2.44. The average molecular weight is 321 g/mol. The normalized spacial score (nSPS) is 24.8. The summed E-state index contributed by atoms with van der Waals surface area (Å²) in [4.78, 5) is 13.7. The highest BCUT2D eigenvalue weighted by molar-refractivity contribution is 7.81. The highest BCUT2D eigenvalue weighted by Crippen LogP contribution is 2.29. The number of likely N-dealkylation sites (tertiary alicyclic amines) is 1. The molecule has 2 fully saturated rings. The van der Waals surface area contributed by atoms with Crippen LogP contribution in [0.3, 0.4) is 0 Å². The van der Waals surface area contributed by atoms with Crippen molar-refractivity contribution in [3.63, 3.8) is 0 Å². The first-order valence-corrected chi connectivity index (χ1v) is 8.51. The van der Waals surface area contributed by atoms with E-state index in [0.717, 1.165) is 12.8 Å². The molecule has 8 heteroatoms. The molecule has 0 spiro atoms. The van der Waals surface area contributed by atoms with Gasteiger partial charge in [-0.2, -0.15) is 8.42 Å². The fraction of sp³-hybridized carbons (Fsp3) is 0.923. The van der Waals surface area contributed by atoms with E-state index < -0.39 is 16.0 Å². The largest absolute Gasteiger partial charge is 0.444 e. The number of amides is 1. The van der Waals surface area contributed by atoms with Crippen LogP contribution >= 0.6 is 0 Å². The molecule has 0 N–H and O–H groups in total. The highest BCUT2D eigenvalue weighted by atomic mass is 32.3. The molecular weight excluding hydrogens is 298 g/mol. The minimum Gasteiger partial charge on any atom is -0.444 e. The molecule has 0 aliphatic carbocycles. The predicted octanol–water partition coefficient (Wildman–Crippen LogP) is 1.54. The van der Waals surface area contributed by atoms with Gasteiger partial charge in [-0.05, 0) is 39.5 Å². The van der Waals surface area contributed by atoms with Gasteiger partial charge in [0.05, 0.1) is 13.2 Å². The van der Waals surface area contributed by atoms with Gasteiger partial charge in [0.2, 0.25) is 0 Å². The summed E-state index contributed by atoms with van der Waals surface area (Å²) in [6.07, 6.45) is 1.31. The van der Waals surface area contributed by atoms with E-state index in [1.165, 1.54) is 0 Å². The fourth-order valence-corrected chi connectivity index (χ4v) is 3.33. The van der Waals surface area contributed by atoms with E-state index in [-0.39, 0.29) is 25.2 Å². The van der Waals surface area contributed by atoms with Crippen LogP contribution in [0.2, 0.25) is 0 Å². The van der Waals surface area contributed by atoms with Crippen LogP contribution < -0.4 is 0 Å². The molecule has 7 nitrogen and oxygen atoms in total. The van der Waals surface area contributed by atoms with Gasteiger partial charge in [0.1, 0.15) is 5.60 Å². The summed E-state index contributed by atoms with van der Waals surface area (Å²) in [6, 6.07) is 0. The monoisotopic (exact) mass is 321 g/mol. The number of ether oxygens (including phenoxy) is 1. The molecule has 0 aromatic carbocycles. The van der Waals surface area contributed by atoms with Crippen molar-refractivity contribution < 1.29 is 26.3 Å². The maximum Gasteiger partial charge on any atom is 0.410 e. The molecule has 0 unspecified atom stereocenters. The molecule has 2 aliphatic heterocycles. The number of nitrogens with zero attached hydrogens (tertiary/aromatic N) is 1. The maximum atomic E-state index is 12.0. The number of rotatable bonds is 1. The standard InChI is InChI=1S/C13H23NO6S/c1-13(2,3)20-12(15)14-6-4-10(5-7-14)11-8-18-21(16,17)19-9-11/h10-11H,4-9H2,1-3H3. The molecule has 2 aliphatic rings. The van der Waals surface area contributed by atoms with Crippen LogP contribution in [0.1, 0.15) is 33.6 Å². The lowest BCUT2D eigenvalue weighted by Gasteiger charge is -2.37. The summed E-state index contributed by atoms with van der Waals surface area (Å²) in [7, 11) is -3.78. The number of piperidine rings is 1. The van der Waals surface area contributed by atoms with Gasteiger partial charge in [-0.1, -0.05) is 0 Å². The number of hydrogen-bond donors (Lipinski definition) is 0. The molecule has 0 atom stereocenters. The van der Waals surface area contributed by atoms with Crippen molar-refractivity contribution in [2.75, 3.05) is 26.3 Å². The van der Waals surface area contributed by atoms with E-state index in [0.29, 0.717) is 19.0 Å². The van der Waals surface area contributed by atoms with Gasteiger partial charge in [-0.3, -0.25) is 0 Å². The average Bonchev–Trinajstić information content (AvgIpc) is 2.37. The molecule has 0 bridgehead atoms. The van der Waals surface area contributed by atoms with Crippen LogP contribution in [-0.2, 0) is 23.5 Å². The molecule has 0 saturated carbocycles. The SMILES string of the molecule is CC(C)(C)OC(=O)N1CCC(C2COS(=O)(=O)OC2)CC1. The first-order valence-electron chi connectivity index (χ1n) is 7.18. The third-order valence-electron chi connectivity index (χ3n) is 3.71. The summed E-state index contributed by atoms with van der Waals surface area (Å²) in [5.74, 6) is 0.369. The van der Waals surface area contributed by atoms with Gasteiger partial charge in [0.25, 0.3) is 0 Å². The summed E-state index contributed by atoms with van der Waals surface area (Å²) < 4.78 is 36.9. The van der Waals surface area contributed by atoms with E-state index in [2.05, 4.69) is 0 Å². The number of carbonyl (C=O) groups excluding carboxylic acids is 1. The Morgan fingerprint density at radius 2 is 1.62 bits per heavy atom. The summed E-state index contributed by atoms with van der Waals surface area (Å²) in [5, 5.41) is 0. The minimum absolute atomic E-state index is 0.0642. The molecule has 0 aromatic rings. The van der Waals surface area contributed by atoms with Gasteiger partial charge in [0, 0.05) is 19.0 Å². The Labute approximate surface area is 125 Å². The lowest BCUT2D eigenvalue weighted by molar-refractivity contribution is 0.00781. The molecule has 0 aromatic heterocycles. The third-order valence-corrected chi connectivity index (χ3v) is 4.56. The molecule has 2 heterocycles.